The molecule has 0 radical (unpaired) electrons. The van der Waals surface area contributed by atoms with Crippen molar-refractivity contribution >= 4 is 24.4 Å². The van der Waals surface area contributed by atoms with Gasteiger partial charge in [-0.05, 0) is 50.5 Å². The predicted molar refractivity (Wildman–Crippen MR) is 110 cm³/mol. The van der Waals surface area contributed by atoms with Crippen LogP contribution < -0.4 is 10.8 Å². The zero-order valence-electron chi connectivity index (χ0n) is 16.4. The van der Waals surface area contributed by atoms with Crippen LogP contribution in [0.1, 0.15) is 42.4 Å². The lowest BCUT2D eigenvalue weighted by Crippen LogP contribution is -2.28. The molecule has 1 heterocycles. The van der Waals surface area contributed by atoms with Gasteiger partial charge in [-0.2, -0.15) is 0 Å². The Morgan fingerprint density at radius 1 is 1.33 bits per heavy atom. The van der Waals surface area contributed by atoms with Crippen LogP contribution in [0.3, 0.4) is 0 Å². The Kier molecular flexibility index (Phi) is 7.16. The lowest BCUT2D eigenvalue weighted by molar-refractivity contribution is 0.0372. The standard InChI is InChI=1S/C21H26BFN2O2/c1-13(2)11-24-19-18(22-5)16(10-15-6-8-17(23)9-7-15)12-25-20(19)21(26)27-14(3)4/h6-9,12,14,22,24H,1,10-11H2,2-5H3. The second-order valence-electron chi connectivity index (χ2n) is 6.91. The van der Waals surface area contributed by atoms with Crippen molar-refractivity contribution in [2.24, 2.45) is 0 Å². The highest BCUT2D eigenvalue weighted by Crippen LogP contribution is 2.18. The molecule has 0 aliphatic carbocycles. The molecule has 1 N–H and O–H groups in total. The maximum atomic E-state index is 13.2. The Bertz CT molecular complexity index is 820. The van der Waals surface area contributed by atoms with Gasteiger partial charge < -0.3 is 10.1 Å². The van der Waals surface area contributed by atoms with Crippen molar-refractivity contribution in [1.82, 2.24) is 4.98 Å². The number of carbonyl (C=O) groups excluding carboxylic acids is 1. The summed E-state index contributed by atoms with van der Waals surface area (Å²) in [5.41, 5.74) is 4.90. The molecule has 1 aromatic carbocycles. The molecule has 0 aliphatic rings. The van der Waals surface area contributed by atoms with E-state index >= 15 is 0 Å². The molecule has 2 rings (SSSR count). The first kappa shape index (κ1) is 20.7. The summed E-state index contributed by atoms with van der Waals surface area (Å²) in [7, 11) is 0.722. The van der Waals surface area contributed by atoms with E-state index in [9.17, 15) is 9.18 Å². The third-order valence-electron chi connectivity index (χ3n) is 4.04. The van der Waals surface area contributed by atoms with Crippen LogP contribution in [0.4, 0.5) is 10.1 Å². The fourth-order valence-electron chi connectivity index (χ4n) is 2.82. The van der Waals surface area contributed by atoms with Crippen LogP contribution in [0.2, 0.25) is 6.82 Å². The second-order valence-corrected chi connectivity index (χ2v) is 6.91. The van der Waals surface area contributed by atoms with Crippen molar-refractivity contribution < 1.29 is 13.9 Å². The lowest BCUT2D eigenvalue weighted by Gasteiger charge is -2.19. The number of hydrogen-bond donors (Lipinski definition) is 1. The number of halogens is 1. The minimum absolute atomic E-state index is 0.225. The summed E-state index contributed by atoms with van der Waals surface area (Å²) in [6, 6.07) is 6.42. The predicted octanol–water partition coefficient (Wildman–Crippen LogP) is 3.47. The fourth-order valence-corrected chi connectivity index (χ4v) is 2.82. The van der Waals surface area contributed by atoms with E-state index in [0.29, 0.717) is 18.7 Å². The van der Waals surface area contributed by atoms with E-state index in [-0.39, 0.29) is 17.6 Å². The van der Waals surface area contributed by atoms with Crippen molar-refractivity contribution in [3.05, 3.63) is 65.3 Å². The Labute approximate surface area is 161 Å². The first-order valence-electron chi connectivity index (χ1n) is 9.16. The number of esters is 1. The zero-order chi connectivity index (χ0) is 20.0. The quantitative estimate of drug-likeness (QED) is 0.440. The van der Waals surface area contributed by atoms with E-state index in [1.807, 2.05) is 27.6 Å². The monoisotopic (exact) mass is 368 g/mol. The van der Waals surface area contributed by atoms with Gasteiger partial charge in [0.1, 0.15) is 5.82 Å². The highest BCUT2D eigenvalue weighted by atomic mass is 19.1. The molecule has 0 atom stereocenters. The maximum Gasteiger partial charge on any atom is 0.359 e. The Balaban J connectivity index is 2.45. The van der Waals surface area contributed by atoms with E-state index in [0.717, 1.165) is 29.4 Å². The summed E-state index contributed by atoms with van der Waals surface area (Å²) in [4.78, 5) is 16.9. The topological polar surface area (TPSA) is 51.2 Å². The summed E-state index contributed by atoms with van der Waals surface area (Å²) in [6.07, 6.45) is 2.10. The van der Waals surface area contributed by atoms with Crippen LogP contribution in [0.5, 0.6) is 0 Å². The molecule has 6 heteroatoms. The van der Waals surface area contributed by atoms with E-state index in [4.69, 9.17) is 4.74 Å². The van der Waals surface area contributed by atoms with Gasteiger partial charge >= 0.3 is 5.97 Å². The van der Waals surface area contributed by atoms with Crippen LogP contribution in [0.15, 0.2) is 42.6 Å². The summed E-state index contributed by atoms with van der Waals surface area (Å²) in [5.74, 6) is -0.708. The number of rotatable bonds is 8. The van der Waals surface area contributed by atoms with Gasteiger partial charge in [-0.15, -0.1) is 0 Å². The van der Waals surface area contributed by atoms with Crippen molar-refractivity contribution in [3.63, 3.8) is 0 Å². The summed E-state index contributed by atoms with van der Waals surface area (Å²) >= 11 is 0. The number of benzene rings is 1. The molecule has 1 aromatic heterocycles. The van der Waals surface area contributed by atoms with Crippen LogP contribution in [0.25, 0.3) is 0 Å². The van der Waals surface area contributed by atoms with Crippen molar-refractivity contribution in [2.75, 3.05) is 11.9 Å². The minimum Gasteiger partial charge on any atom is -0.458 e. The van der Waals surface area contributed by atoms with Gasteiger partial charge in [0.2, 0.25) is 0 Å². The number of ether oxygens (including phenoxy) is 1. The lowest BCUT2D eigenvalue weighted by atomic mass is 9.69. The number of anilines is 1. The van der Waals surface area contributed by atoms with Gasteiger partial charge in [0.15, 0.2) is 13.0 Å². The number of nitrogens with zero attached hydrogens (tertiary/aromatic N) is 1. The van der Waals surface area contributed by atoms with Crippen molar-refractivity contribution in [1.29, 1.82) is 0 Å². The van der Waals surface area contributed by atoms with Crippen LogP contribution >= 0.6 is 0 Å². The SMILES string of the molecule is C=C(C)CNc1c(C(=O)OC(C)C)ncc(Cc2ccc(F)cc2)c1BC. The minimum atomic E-state index is -0.447. The van der Waals surface area contributed by atoms with E-state index in [2.05, 4.69) is 16.9 Å². The summed E-state index contributed by atoms with van der Waals surface area (Å²) in [5, 5.41) is 3.30. The maximum absolute atomic E-state index is 13.2. The molecule has 0 spiro atoms. The number of nitrogens with one attached hydrogen (secondary N) is 1. The molecule has 0 saturated carbocycles. The molecule has 0 aliphatic heterocycles. The summed E-state index contributed by atoms with van der Waals surface area (Å²) < 4.78 is 18.5. The molecule has 2 aromatic rings. The van der Waals surface area contributed by atoms with Gasteiger partial charge in [-0.1, -0.05) is 36.6 Å². The average Bonchev–Trinajstić information content (AvgIpc) is 2.61. The van der Waals surface area contributed by atoms with E-state index < -0.39 is 5.97 Å². The first-order chi connectivity index (χ1) is 12.8. The van der Waals surface area contributed by atoms with Gasteiger partial charge in [0.25, 0.3) is 0 Å². The number of aromatic nitrogens is 1. The highest BCUT2D eigenvalue weighted by Gasteiger charge is 2.21. The highest BCUT2D eigenvalue weighted by molar-refractivity contribution is 6.55. The normalized spacial score (nSPS) is 10.6. The van der Waals surface area contributed by atoms with Crippen LogP contribution in [-0.4, -0.2) is 30.9 Å². The molecular formula is C21H26BFN2O2. The fraction of sp³-hybridized carbons (Fsp3) is 0.333. The molecule has 0 bridgehead atoms. The molecule has 0 amide bonds. The first-order valence-corrected chi connectivity index (χ1v) is 9.16. The average molecular weight is 368 g/mol. The molecule has 0 fully saturated rings. The Hall–Kier alpha value is -2.63. The molecule has 0 unspecified atom stereocenters. The number of pyridine rings is 1. The molecule has 27 heavy (non-hydrogen) atoms. The molecule has 142 valence electrons. The number of carbonyl (C=O) groups is 1. The largest absolute Gasteiger partial charge is 0.458 e. The van der Waals surface area contributed by atoms with Crippen molar-refractivity contribution in [2.45, 2.75) is 40.1 Å². The summed E-state index contributed by atoms with van der Waals surface area (Å²) in [6.45, 7) is 12.0. The molecule has 4 nitrogen and oxygen atoms in total. The Morgan fingerprint density at radius 3 is 2.56 bits per heavy atom. The second kappa shape index (κ2) is 9.35. The third kappa shape index (κ3) is 5.68. The third-order valence-corrected chi connectivity index (χ3v) is 4.04. The van der Waals surface area contributed by atoms with E-state index in [1.54, 1.807) is 18.3 Å². The van der Waals surface area contributed by atoms with E-state index in [1.165, 1.54) is 12.1 Å². The zero-order valence-corrected chi connectivity index (χ0v) is 16.4. The molecular weight excluding hydrogens is 342 g/mol. The van der Waals surface area contributed by atoms with Gasteiger partial charge in [-0.3, -0.25) is 0 Å². The van der Waals surface area contributed by atoms with Crippen molar-refractivity contribution in [3.8, 4) is 0 Å². The number of hydrogen-bond acceptors (Lipinski definition) is 4. The van der Waals surface area contributed by atoms with Crippen LogP contribution in [-0.2, 0) is 11.2 Å². The van der Waals surface area contributed by atoms with Crippen LogP contribution in [0, 0.1) is 5.82 Å². The van der Waals surface area contributed by atoms with Gasteiger partial charge in [0, 0.05) is 12.7 Å². The Morgan fingerprint density at radius 2 is 2.00 bits per heavy atom. The van der Waals surface area contributed by atoms with Gasteiger partial charge in [-0.25, -0.2) is 14.2 Å². The van der Waals surface area contributed by atoms with Gasteiger partial charge in [0.05, 0.1) is 11.8 Å². The molecule has 0 saturated heterocycles. The smallest absolute Gasteiger partial charge is 0.359 e.